The number of hydrogen-bond acceptors (Lipinski definition) is 7. The van der Waals surface area contributed by atoms with Crippen molar-refractivity contribution in [2.45, 2.75) is 12.2 Å². The first-order valence-corrected chi connectivity index (χ1v) is 9.38. The van der Waals surface area contributed by atoms with E-state index in [0.717, 1.165) is 42.5 Å². The summed E-state index contributed by atoms with van der Waals surface area (Å²) in [6.07, 6.45) is -3.34. The van der Waals surface area contributed by atoms with Crippen LogP contribution in [0.2, 0.25) is 0 Å². The fourth-order valence-corrected chi connectivity index (χ4v) is 3.96. The van der Waals surface area contributed by atoms with Gasteiger partial charge in [-0.2, -0.15) is 13.2 Å². The van der Waals surface area contributed by atoms with Crippen molar-refractivity contribution >= 4 is 28.7 Å². The Morgan fingerprint density at radius 2 is 1.56 bits per heavy atom. The largest absolute Gasteiger partial charge is 0.416 e. The Hall–Kier alpha value is -4.68. The van der Waals surface area contributed by atoms with Crippen LogP contribution >= 0.6 is 0 Å². The molecule has 0 radical (unpaired) electrons. The lowest BCUT2D eigenvalue weighted by Crippen LogP contribution is -2.33. The first kappa shape index (κ1) is 22.5. The standard InChI is InChI=1S/C21H10F3N3O7/c22-21(23,24)15-4-2-1-3-10(15)7-14-13-8-11(25(29)30)5-6-12(13)18-16(26(31)32)9-17(27(33)34)20(28)19(14)18/h1-9,17H. The first-order chi connectivity index (χ1) is 15.9. The zero-order chi connectivity index (χ0) is 24.9. The minimum Gasteiger partial charge on any atom is -0.286 e. The number of nitro benzene ring substituents is 1. The van der Waals surface area contributed by atoms with Crippen molar-refractivity contribution in [2.75, 3.05) is 0 Å². The zero-order valence-corrected chi connectivity index (χ0v) is 16.6. The molecule has 2 aliphatic carbocycles. The molecule has 0 spiro atoms. The maximum absolute atomic E-state index is 13.5. The summed E-state index contributed by atoms with van der Waals surface area (Å²) in [7, 11) is 0. The number of non-ortho nitro benzene ring substituents is 1. The van der Waals surface area contributed by atoms with Crippen LogP contribution in [0.1, 0.15) is 22.3 Å². The van der Waals surface area contributed by atoms with Crippen LogP contribution in [-0.2, 0) is 11.0 Å². The maximum Gasteiger partial charge on any atom is 0.416 e. The highest BCUT2D eigenvalue weighted by Gasteiger charge is 2.48. The first-order valence-electron chi connectivity index (χ1n) is 9.38. The van der Waals surface area contributed by atoms with Crippen LogP contribution in [0.15, 0.2) is 59.8 Å². The molecular weight excluding hydrogens is 463 g/mol. The lowest BCUT2D eigenvalue weighted by Gasteiger charge is -2.15. The number of nitrogens with zero attached hydrogens (tertiary/aromatic N) is 3. The summed E-state index contributed by atoms with van der Waals surface area (Å²) in [4.78, 5) is 44.7. The second kappa shape index (κ2) is 7.72. The van der Waals surface area contributed by atoms with Crippen molar-refractivity contribution in [3.05, 3.63) is 112 Å². The minimum absolute atomic E-state index is 0.0329. The van der Waals surface area contributed by atoms with E-state index in [-0.39, 0.29) is 22.3 Å². The van der Waals surface area contributed by atoms with Gasteiger partial charge in [-0.25, -0.2) is 0 Å². The molecule has 34 heavy (non-hydrogen) atoms. The number of halogens is 3. The number of alkyl halides is 3. The van der Waals surface area contributed by atoms with Gasteiger partial charge in [0.05, 0.1) is 27.1 Å². The lowest BCUT2D eigenvalue weighted by molar-refractivity contribution is -0.497. The molecule has 13 heteroatoms. The summed E-state index contributed by atoms with van der Waals surface area (Å²) in [5.74, 6) is -1.18. The van der Waals surface area contributed by atoms with Gasteiger partial charge in [0.2, 0.25) is 5.78 Å². The molecule has 0 N–H and O–H groups in total. The predicted octanol–water partition coefficient (Wildman–Crippen LogP) is 4.31. The molecule has 0 aliphatic heterocycles. The fraction of sp³-hybridized carbons (Fsp3) is 0.0952. The van der Waals surface area contributed by atoms with Crippen LogP contribution in [0.25, 0.3) is 17.2 Å². The molecule has 0 aromatic heterocycles. The number of hydrogen-bond donors (Lipinski definition) is 0. The van der Waals surface area contributed by atoms with Gasteiger partial charge in [-0.1, -0.05) is 18.2 Å². The monoisotopic (exact) mass is 473 g/mol. The fourth-order valence-electron chi connectivity index (χ4n) is 3.96. The number of rotatable bonds is 4. The number of nitro groups is 3. The molecule has 0 saturated heterocycles. The highest BCUT2D eigenvalue weighted by Crippen LogP contribution is 2.50. The third kappa shape index (κ3) is 3.52. The second-order valence-corrected chi connectivity index (χ2v) is 7.28. The number of benzene rings is 2. The predicted molar refractivity (Wildman–Crippen MR) is 110 cm³/mol. The van der Waals surface area contributed by atoms with Crippen LogP contribution in [-0.4, -0.2) is 26.6 Å². The van der Waals surface area contributed by atoms with Crippen molar-refractivity contribution in [3.8, 4) is 0 Å². The van der Waals surface area contributed by atoms with E-state index in [9.17, 15) is 48.3 Å². The van der Waals surface area contributed by atoms with Gasteiger partial charge in [0, 0.05) is 22.6 Å². The molecule has 0 fully saturated rings. The summed E-state index contributed by atoms with van der Waals surface area (Å²) in [6.45, 7) is 0. The van der Waals surface area contributed by atoms with E-state index in [4.69, 9.17) is 0 Å². The molecule has 0 amide bonds. The Bertz CT molecular complexity index is 1410. The number of fused-ring (bicyclic) bond motifs is 2. The Morgan fingerprint density at radius 1 is 0.882 bits per heavy atom. The summed E-state index contributed by atoms with van der Waals surface area (Å²) in [5, 5.41) is 34.4. The molecule has 0 bridgehead atoms. The second-order valence-electron chi connectivity index (χ2n) is 7.28. The quantitative estimate of drug-likeness (QED) is 0.475. The van der Waals surface area contributed by atoms with Crippen molar-refractivity contribution in [1.82, 2.24) is 0 Å². The van der Waals surface area contributed by atoms with Crippen LogP contribution in [0.4, 0.5) is 18.9 Å². The van der Waals surface area contributed by atoms with Gasteiger partial charge in [0.15, 0.2) is 0 Å². The van der Waals surface area contributed by atoms with E-state index in [0.29, 0.717) is 6.08 Å². The normalized spacial score (nSPS) is 18.4. The molecule has 4 rings (SSSR count). The molecule has 2 aromatic rings. The minimum atomic E-state index is -4.80. The number of carbonyl (C=O) groups excluding carboxylic acids is 1. The molecule has 0 saturated carbocycles. The number of ketones is 1. The Labute approximate surface area is 186 Å². The maximum atomic E-state index is 13.5. The molecule has 1 atom stereocenters. The number of Topliss-reactive ketones (excluding diaryl/α,β-unsaturated/α-hetero) is 1. The summed E-state index contributed by atoms with van der Waals surface area (Å²) in [6, 6.07) is 5.21. The molecule has 10 nitrogen and oxygen atoms in total. The van der Waals surface area contributed by atoms with E-state index >= 15 is 0 Å². The molecule has 2 aliphatic rings. The zero-order valence-electron chi connectivity index (χ0n) is 16.6. The van der Waals surface area contributed by atoms with Gasteiger partial charge in [-0.3, -0.25) is 35.1 Å². The Morgan fingerprint density at radius 3 is 2.15 bits per heavy atom. The van der Waals surface area contributed by atoms with Crippen LogP contribution < -0.4 is 0 Å². The van der Waals surface area contributed by atoms with Crippen molar-refractivity contribution in [3.63, 3.8) is 0 Å². The van der Waals surface area contributed by atoms with E-state index in [1.54, 1.807) is 0 Å². The third-order valence-corrected chi connectivity index (χ3v) is 5.37. The SMILES string of the molecule is O=C1C2=C(C([N+](=O)[O-])=CC1[N+](=O)[O-])c1ccc([N+](=O)[O-])cc1C2=Cc1ccccc1C(F)(F)F. The van der Waals surface area contributed by atoms with Crippen molar-refractivity contribution in [1.29, 1.82) is 0 Å². The Kier molecular flexibility index (Phi) is 5.11. The smallest absolute Gasteiger partial charge is 0.286 e. The third-order valence-electron chi connectivity index (χ3n) is 5.37. The van der Waals surface area contributed by atoms with Crippen LogP contribution in [0, 0.1) is 30.3 Å². The van der Waals surface area contributed by atoms with Gasteiger partial charge < -0.3 is 0 Å². The topological polar surface area (TPSA) is 146 Å². The lowest BCUT2D eigenvalue weighted by atomic mass is 9.88. The molecule has 2 aromatic carbocycles. The summed E-state index contributed by atoms with van der Waals surface area (Å²) < 4.78 is 40.6. The van der Waals surface area contributed by atoms with Gasteiger partial charge >= 0.3 is 6.18 Å². The van der Waals surface area contributed by atoms with Gasteiger partial charge in [-0.05, 0) is 40.5 Å². The van der Waals surface area contributed by atoms with Crippen LogP contribution in [0.3, 0.4) is 0 Å². The molecular formula is C21H10F3N3O7. The average Bonchev–Trinajstić information content (AvgIpc) is 3.07. The van der Waals surface area contributed by atoms with Gasteiger partial charge in [0.25, 0.3) is 17.4 Å². The van der Waals surface area contributed by atoms with Gasteiger partial charge in [-0.15, -0.1) is 0 Å². The average molecular weight is 473 g/mol. The van der Waals surface area contributed by atoms with E-state index in [1.165, 1.54) is 6.07 Å². The summed E-state index contributed by atoms with van der Waals surface area (Å²) in [5.41, 5.74) is -4.15. The highest BCUT2D eigenvalue weighted by molar-refractivity contribution is 6.27. The van der Waals surface area contributed by atoms with Crippen molar-refractivity contribution in [2.24, 2.45) is 0 Å². The van der Waals surface area contributed by atoms with Crippen LogP contribution in [0.5, 0.6) is 0 Å². The number of allylic oxidation sites excluding steroid dienone is 2. The summed E-state index contributed by atoms with van der Waals surface area (Å²) >= 11 is 0. The Balaban J connectivity index is 2.08. The highest BCUT2D eigenvalue weighted by atomic mass is 19.4. The number of carbonyl (C=O) groups is 1. The molecule has 172 valence electrons. The van der Waals surface area contributed by atoms with E-state index in [2.05, 4.69) is 0 Å². The van der Waals surface area contributed by atoms with E-state index in [1.807, 2.05) is 0 Å². The van der Waals surface area contributed by atoms with E-state index < -0.39 is 60.9 Å². The molecule has 1 unspecified atom stereocenters. The molecule has 0 heterocycles. The van der Waals surface area contributed by atoms with Crippen molar-refractivity contribution < 1.29 is 32.7 Å². The van der Waals surface area contributed by atoms with Gasteiger partial charge in [0.1, 0.15) is 0 Å².